The Balaban J connectivity index is 1.80. The molecule has 192 valence electrons. The van der Waals surface area contributed by atoms with Crippen LogP contribution < -0.4 is 4.74 Å². The van der Waals surface area contributed by atoms with E-state index in [1.165, 1.54) is 24.3 Å². The van der Waals surface area contributed by atoms with Gasteiger partial charge < -0.3 is 20.1 Å². The van der Waals surface area contributed by atoms with Gasteiger partial charge in [0.25, 0.3) is 0 Å². The minimum Gasteiger partial charge on any atom is -0.490 e. The molecule has 5 nitrogen and oxygen atoms in total. The topological polar surface area (TPSA) is 87.0 Å². The molecule has 0 amide bonds. The first-order valence-corrected chi connectivity index (χ1v) is 12.0. The molecule has 0 saturated carbocycles. The molecule has 0 heterocycles. The van der Waals surface area contributed by atoms with Gasteiger partial charge >= 0.3 is 5.97 Å². The molecule has 0 aliphatic heterocycles. The molecule has 1 unspecified atom stereocenters. The number of ether oxygens (including phenoxy) is 1. The van der Waals surface area contributed by atoms with Gasteiger partial charge in [0.1, 0.15) is 24.0 Å². The highest BCUT2D eigenvalue weighted by atomic mass is 19.1. The molecule has 0 aliphatic rings. The molecule has 4 aromatic rings. The quantitative estimate of drug-likeness (QED) is 0.245. The summed E-state index contributed by atoms with van der Waals surface area (Å²) in [6, 6.07) is 21.9. The van der Waals surface area contributed by atoms with E-state index in [1.54, 1.807) is 24.3 Å². The monoisotopic (exact) mass is 506 g/mol. The minimum atomic E-state index is -1.21. The van der Waals surface area contributed by atoms with Crippen LogP contribution in [0.25, 0.3) is 10.8 Å². The van der Waals surface area contributed by atoms with Gasteiger partial charge in [0, 0.05) is 17.9 Å². The maximum absolute atomic E-state index is 13.8. The highest BCUT2D eigenvalue weighted by molar-refractivity contribution is 5.89. The number of aliphatic hydroxyl groups excluding tert-OH is 2. The largest absolute Gasteiger partial charge is 0.490 e. The fourth-order valence-corrected chi connectivity index (χ4v) is 4.65. The molecule has 0 aromatic heterocycles. The van der Waals surface area contributed by atoms with Crippen molar-refractivity contribution in [3.05, 3.63) is 113 Å². The summed E-state index contributed by atoms with van der Waals surface area (Å²) in [5, 5.41) is 31.1. The highest BCUT2D eigenvalue weighted by Crippen LogP contribution is 2.42. The summed E-state index contributed by atoms with van der Waals surface area (Å²) in [4.78, 5) is 10.9. The van der Waals surface area contributed by atoms with Gasteiger partial charge in [-0.25, -0.2) is 8.78 Å². The molecule has 3 N–H and O–H groups in total. The Morgan fingerprint density at radius 3 is 2.00 bits per heavy atom. The molecule has 0 aliphatic carbocycles. The van der Waals surface area contributed by atoms with Crippen LogP contribution in [0.2, 0.25) is 0 Å². The second kappa shape index (κ2) is 11.5. The Labute approximate surface area is 213 Å². The summed E-state index contributed by atoms with van der Waals surface area (Å²) in [5.74, 6) is -1.85. The zero-order valence-corrected chi connectivity index (χ0v) is 20.3. The van der Waals surface area contributed by atoms with Crippen molar-refractivity contribution in [1.82, 2.24) is 0 Å². The average Bonchev–Trinajstić information content (AvgIpc) is 2.85. The van der Waals surface area contributed by atoms with Crippen LogP contribution in [0.4, 0.5) is 8.78 Å². The number of benzene rings is 4. The van der Waals surface area contributed by atoms with Crippen molar-refractivity contribution in [2.45, 2.75) is 37.9 Å². The van der Waals surface area contributed by atoms with E-state index in [2.05, 4.69) is 0 Å². The maximum Gasteiger partial charge on any atom is 0.305 e. The minimum absolute atomic E-state index is 0.159. The summed E-state index contributed by atoms with van der Waals surface area (Å²) in [7, 11) is 0. The lowest BCUT2D eigenvalue weighted by Gasteiger charge is -2.25. The molecular formula is C30H28F2O5. The number of fused-ring (bicyclic) bond motifs is 1. The van der Waals surface area contributed by atoms with E-state index in [9.17, 15) is 23.8 Å². The Morgan fingerprint density at radius 1 is 0.865 bits per heavy atom. The van der Waals surface area contributed by atoms with Crippen molar-refractivity contribution < 1.29 is 33.6 Å². The predicted molar refractivity (Wildman–Crippen MR) is 137 cm³/mol. The maximum atomic E-state index is 13.8. The number of carboxylic acid groups (broad SMARTS) is 1. The summed E-state index contributed by atoms with van der Waals surface area (Å²) in [6.07, 6.45) is -2.95. The summed E-state index contributed by atoms with van der Waals surface area (Å²) < 4.78 is 33.7. The Kier molecular flexibility index (Phi) is 8.16. The van der Waals surface area contributed by atoms with Gasteiger partial charge in [0.05, 0.1) is 18.6 Å². The first-order valence-electron chi connectivity index (χ1n) is 12.0. The second-order valence-electron chi connectivity index (χ2n) is 9.13. The van der Waals surface area contributed by atoms with Crippen LogP contribution in [0.15, 0.2) is 78.9 Å². The Morgan fingerprint density at radius 2 is 1.43 bits per heavy atom. The van der Waals surface area contributed by atoms with E-state index >= 15 is 0 Å². The van der Waals surface area contributed by atoms with Gasteiger partial charge in [-0.15, -0.1) is 0 Å². The summed E-state index contributed by atoms with van der Waals surface area (Å²) >= 11 is 0. The predicted octanol–water partition coefficient (Wildman–Crippen LogP) is 5.57. The van der Waals surface area contributed by atoms with Crippen LogP contribution >= 0.6 is 0 Å². The normalized spacial score (nSPS) is 13.0. The SMILES string of the molecule is Cc1c(OCC(O)C[C@@H](O)CC(=O)O)c(C(c2ccc(F)cc2)c2ccc(F)cc2)cc2ccccc12. The van der Waals surface area contributed by atoms with Crippen molar-refractivity contribution in [3.8, 4) is 5.75 Å². The molecule has 0 bridgehead atoms. The van der Waals surface area contributed by atoms with Gasteiger partial charge in [-0.05, 0) is 64.7 Å². The number of carboxylic acids is 1. The van der Waals surface area contributed by atoms with E-state index in [1.807, 2.05) is 37.3 Å². The number of aryl methyl sites for hydroxylation is 1. The van der Waals surface area contributed by atoms with Crippen molar-refractivity contribution in [3.63, 3.8) is 0 Å². The van der Waals surface area contributed by atoms with Crippen LogP contribution in [0, 0.1) is 18.6 Å². The number of carbonyl (C=O) groups is 1. The molecule has 4 rings (SSSR count). The van der Waals surface area contributed by atoms with E-state index in [0.29, 0.717) is 5.75 Å². The third kappa shape index (κ3) is 6.31. The molecule has 7 heteroatoms. The van der Waals surface area contributed by atoms with E-state index in [0.717, 1.165) is 33.0 Å². The fourth-order valence-electron chi connectivity index (χ4n) is 4.65. The van der Waals surface area contributed by atoms with E-state index in [-0.39, 0.29) is 24.7 Å². The van der Waals surface area contributed by atoms with Crippen LogP contribution in [0.1, 0.15) is 41.0 Å². The van der Waals surface area contributed by atoms with Crippen LogP contribution in [-0.2, 0) is 4.79 Å². The van der Waals surface area contributed by atoms with Gasteiger partial charge in [0.2, 0.25) is 0 Å². The number of aliphatic hydroxyl groups is 2. The molecule has 0 spiro atoms. The smallest absolute Gasteiger partial charge is 0.305 e. The Hall–Kier alpha value is -3.81. The lowest BCUT2D eigenvalue weighted by atomic mass is 9.82. The zero-order chi connectivity index (χ0) is 26.5. The highest BCUT2D eigenvalue weighted by Gasteiger charge is 2.25. The van der Waals surface area contributed by atoms with Gasteiger partial charge in [-0.3, -0.25) is 4.79 Å². The second-order valence-corrected chi connectivity index (χ2v) is 9.13. The number of halogens is 2. The van der Waals surface area contributed by atoms with Gasteiger partial charge in [-0.1, -0.05) is 48.5 Å². The average molecular weight is 507 g/mol. The molecular weight excluding hydrogens is 478 g/mol. The van der Waals surface area contributed by atoms with Crippen LogP contribution in [-0.4, -0.2) is 40.1 Å². The first kappa shape index (κ1) is 26.3. The molecule has 0 saturated heterocycles. The number of rotatable bonds is 10. The summed E-state index contributed by atoms with van der Waals surface area (Å²) in [5.41, 5.74) is 3.10. The lowest BCUT2D eigenvalue weighted by molar-refractivity contribution is -0.139. The number of aliphatic carboxylic acids is 1. The standard InChI is InChI=1S/C30H28F2O5/c1-18-26-5-3-2-4-21(26)14-27(30(18)37-17-25(34)15-24(33)16-28(35)36)29(19-6-10-22(31)11-7-19)20-8-12-23(32)13-9-20/h2-14,24-25,29,33-34H,15-17H2,1H3,(H,35,36)/t24-,25?/m1/s1. The van der Waals surface area contributed by atoms with Crippen molar-refractivity contribution in [2.24, 2.45) is 0 Å². The molecule has 0 radical (unpaired) electrons. The first-order chi connectivity index (χ1) is 17.7. The lowest BCUT2D eigenvalue weighted by Crippen LogP contribution is -2.26. The zero-order valence-electron chi connectivity index (χ0n) is 20.3. The van der Waals surface area contributed by atoms with Gasteiger partial charge in [0.15, 0.2) is 0 Å². The van der Waals surface area contributed by atoms with Crippen molar-refractivity contribution in [1.29, 1.82) is 0 Å². The molecule has 37 heavy (non-hydrogen) atoms. The number of hydrogen-bond acceptors (Lipinski definition) is 4. The van der Waals surface area contributed by atoms with Gasteiger partial charge in [-0.2, -0.15) is 0 Å². The fraction of sp³-hybridized carbons (Fsp3) is 0.233. The Bertz CT molecular complexity index is 1320. The molecule has 4 aromatic carbocycles. The van der Waals surface area contributed by atoms with Crippen LogP contribution in [0.3, 0.4) is 0 Å². The third-order valence-corrected chi connectivity index (χ3v) is 6.37. The van der Waals surface area contributed by atoms with Crippen molar-refractivity contribution >= 4 is 16.7 Å². The van der Waals surface area contributed by atoms with Crippen LogP contribution in [0.5, 0.6) is 5.75 Å². The summed E-state index contributed by atoms with van der Waals surface area (Å²) in [6.45, 7) is 1.72. The molecule has 2 atom stereocenters. The van der Waals surface area contributed by atoms with Crippen molar-refractivity contribution in [2.75, 3.05) is 6.61 Å². The third-order valence-electron chi connectivity index (χ3n) is 6.37. The van der Waals surface area contributed by atoms with E-state index in [4.69, 9.17) is 9.84 Å². The molecule has 0 fully saturated rings. The van der Waals surface area contributed by atoms with E-state index < -0.39 is 30.5 Å². The number of hydrogen-bond donors (Lipinski definition) is 3.